The van der Waals surface area contributed by atoms with E-state index in [0.29, 0.717) is 5.56 Å². The molecule has 1 atom stereocenters. The molecular weight excluding hydrogens is 264 g/mol. The molecule has 0 amide bonds. The van der Waals surface area contributed by atoms with Gasteiger partial charge in [0, 0.05) is 5.56 Å². The molecular formula is C18H18O3. The van der Waals surface area contributed by atoms with E-state index in [1.54, 1.807) is 19.1 Å². The SMILES string of the molecule is CCC(C)(C(=O)O)C(=O)c1ccc(-c2ccccc2)cc1. The van der Waals surface area contributed by atoms with Gasteiger partial charge in [-0.25, -0.2) is 0 Å². The highest BCUT2D eigenvalue weighted by Gasteiger charge is 2.39. The molecule has 0 saturated heterocycles. The van der Waals surface area contributed by atoms with Gasteiger partial charge in [0.05, 0.1) is 0 Å². The van der Waals surface area contributed by atoms with Crippen LogP contribution in [0.1, 0.15) is 30.6 Å². The van der Waals surface area contributed by atoms with Crippen molar-refractivity contribution in [3.05, 3.63) is 60.2 Å². The van der Waals surface area contributed by atoms with Crippen molar-refractivity contribution in [1.82, 2.24) is 0 Å². The number of carbonyl (C=O) groups is 2. The monoisotopic (exact) mass is 282 g/mol. The number of benzene rings is 2. The van der Waals surface area contributed by atoms with Gasteiger partial charge >= 0.3 is 5.97 Å². The number of Topliss-reactive ketones (excluding diaryl/α,β-unsaturated/α-hetero) is 1. The highest BCUT2D eigenvalue weighted by Crippen LogP contribution is 2.28. The van der Waals surface area contributed by atoms with Crippen molar-refractivity contribution in [2.75, 3.05) is 0 Å². The third-order valence-electron chi connectivity index (χ3n) is 3.93. The molecule has 21 heavy (non-hydrogen) atoms. The van der Waals surface area contributed by atoms with Crippen LogP contribution in [0.5, 0.6) is 0 Å². The summed E-state index contributed by atoms with van der Waals surface area (Å²) in [6, 6.07) is 16.9. The van der Waals surface area contributed by atoms with Crippen molar-refractivity contribution in [2.45, 2.75) is 20.3 Å². The number of rotatable bonds is 5. The first-order valence-electron chi connectivity index (χ1n) is 6.92. The molecule has 0 aromatic heterocycles. The smallest absolute Gasteiger partial charge is 0.317 e. The number of hydrogen-bond donors (Lipinski definition) is 1. The zero-order chi connectivity index (χ0) is 15.5. The lowest BCUT2D eigenvalue weighted by atomic mass is 9.80. The zero-order valence-corrected chi connectivity index (χ0v) is 12.2. The lowest BCUT2D eigenvalue weighted by Gasteiger charge is -2.21. The van der Waals surface area contributed by atoms with Gasteiger partial charge in [-0.2, -0.15) is 0 Å². The molecule has 0 radical (unpaired) electrons. The maximum absolute atomic E-state index is 12.4. The van der Waals surface area contributed by atoms with Crippen LogP contribution in [0.15, 0.2) is 54.6 Å². The van der Waals surface area contributed by atoms with Crippen molar-refractivity contribution in [3.8, 4) is 11.1 Å². The standard InChI is InChI=1S/C18H18O3/c1-3-18(2,17(20)21)16(19)15-11-9-14(10-12-15)13-7-5-4-6-8-13/h4-12H,3H2,1-2H3,(H,20,21). The minimum atomic E-state index is -1.37. The first-order valence-corrected chi connectivity index (χ1v) is 6.92. The number of aliphatic carboxylic acids is 1. The van der Waals surface area contributed by atoms with E-state index in [4.69, 9.17) is 0 Å². The molecule has 0 aliphatic heterocycles. The molecule has 0 heterocycles. The molecule has 3 nitrogen and oxygen atoms in total. The lowest BCUT2D eigenvalue weighted by Crippen LogP contribution is -2.35. The molecule has 2 aromatic carbocycles. The Hall–Kier alpha value is -2.42. The Balaban J connectivity index is 2.31. The Labute approximate surface area is 124 Å². The van der Waals surface area contributed by atoms with Gasteiger partial charge in [-0.1, -0.05) is 61.5 Å². The molecule has 2 rings (SSSR count). The Morgan fingerprint density at radius 2 is 1.48 bits per heavy atom. The van der Waals surface area contributed by atoms with E-state index >= 15 is 0 Å². The van der Waals surface area contributed by atoms with Crippen molar-refractivity contribution in [3.63, 3.8) is 0 Å². The molecule has 2 aromatic rings. The van der Waals surface area contributed by atoms with E-state index < -0.39 is 11.4 Å². The topological polar surface area (TPSA) is 54.4 Å². The maximum Gasteiger partial charge on any atom is 0.317 e. The van der Waals surface area contributed by atoms with Crippen LogP contribution >= 0.6 is 0 Å². The van der Waals surface area contributed by atoms with Crippen LogP contribution in [0.25, 0.3) is 11.1 Å². The van der Waals surface area contributed by atoms with Gasteiger partial charge in [0.25, 0.3) is 0 Å². The van der Waals surface area contributed by atoms with Crippen molar-refractivity contribution in [1.29, 1.82) is 0 Å². The highest BCUT2D eigenvalue weighted by atomic mass is 16.4. The van der Waals surface area contributed by atoms with Crippen LogP contribution in [0.4, 0.5) is 0 Å². The summed E-state index contributed by atoms with van der Waals surface area (Å²) in [5, 5.41) is 9.28. The fourth-order valence-corrected chi connectivity index (χ4v) is 2.17. The second kappa shape index (κ2) is 5.92. The third kappa shape index (κ3) is 2.87. The van der Waals surface area contributed by atoms with Gasteiger partial charge in [-0.3, -0.25) is 9.59 Å². The summed E-state index contributed by atoms with van der Waals surface area (Å²) in [6.07, 6.45) is 0.265. The van der Waals surface area contributed by atoms with Crippen LogP contribution in [-0.2, 0) is 4.79 Å². The van der Waals surface area contributed by atoms with E-state index in [0.717, 1.165) is 11.1 Å². The predicted molar refractivity (Wildman–Crippen MR) is 82.2 cm³/mol. The first-order chi connectivity index (χ1) is 9.99. The highest BCUT2D eigenvalue weighted by molar-refractivity contribution is 6.11. The minimum absolute atomic E-state index is 0.265. The van der Waals surface area contributed by atoms with Crippen molar-refractivity contribution < 1.29 is 14.7 Å². The number of carbonyl (C=O) groups excluding carboxylic acids is 1. The van der Waals surface area contributed by atoms with Gasteiger partial charge in [0.2, 0.25) is 0 Å². The average molecular weight is 282 g/mol. The summed E-state index contributed by atoms with van der Waals surface area (Å²) < 4.78 is 0. The number of hydrogen-bond acceptors (Lipinski definition) is 2. The molecule has 108 valence electrons. The molecule has 3 heteroatoms. The van der Waals surface area contributed by atoms with E-state index in [2.05, 4.69) is 0 Å². The quantitative estimate of drug-likeness (QED) is 0.665. The number of ketones is 1. The molecule has 0 bridgehead atoms. The molecule has 0 saturated carbocycles. The van der Waals surface area contributed by atoms with Gasteiger partial charge in [-0.05, 0) is 24.5 Å². The van der Waals surface area contributed by atoms with Crippen LogP contribution in [0, 0.1) is 5.41 Å². The van der Waals surface area contributed by atoms with Crippen molar-refractivity contribution in [2.24, 2.45) is 5.41 Å². The molecule has 1 unspecified atom stereocenters. The number of carboxylic acid groups (broad SMARTS) is 1. The minimum Gasteiger partial charge on any atom is -0.480 e. The van der Waals surface area contributed by atoms with Gasteiger partial charge in [0.1, 0.15) is 5.41 Å². The summed E-state index contributed by atoms with van der Waals surface area (Å²) in [5.41, 5.74) is 1.13. The fraction of sp³-hybridized carbons (Fsp3) is 0.222. The predicted octanol–water partition coefficient (Wildman–Crippen LogP) is 4.04. The second-order valence-electron chi connectivity index (χ2n) is 5.26. The first kappa shape index (κ1) is 15.0. The zero-order valence-electron chi connectivity index (χ0n) is 12.2. The normalized spacial score (nSPS) is 13.4. The molecule has 0 aliphatic carbocycles. The van der Waals surface area contributed by atoms with Crippen LogP contribution in [0.2, 0.25) is 0 Å². The average Bonchev–Trinajstić information content (AvgIpc) is 2.54. The number of carboxylic acids is 1. The fourth-order valence-electron chi connectivity index (χ4n) is 2.17. The molecule has 0 aliphatic rings. The van der Waals surface area contributed by atoms with Crippen LogP contribution in [-0.4, -0.2) is 16.9 Å². The van der Waals surface area contributed by atoms with E-state index in [9.17, 15) is 14.7 Å². The van der Waals surface area contributed by atoms with Gasteiger partial charge < -0.3 is 5.11 Å². The maximum atomic E-state index is 12.4. The Morgan fingerprint density at radius 3 is 1.95 bits per heavy atom. The largest absolute Gasteiger partial charge is 0.480 e. The van der Waals surface area contributed by atoms with E-state index in [-0.39, 0.29) is 12.2 Å². The van der Waals surface area contributed by atoms with E-state index in [1.165, 1.54) is 6.92 Å². The molecule has 0 fully saturated rings. The summed E-state index contributed by atoms with van der Waals surface area (Å²) in [4.78, 5) is 23.7. The van der Waals surface area contributed by atoms with E-state index in [1.807, 2.05) is 42.5 Å². The van der Waals surface area contributed by atoms with Crippen LogP contribution < -0.4 is 0 Å². The summed E-state index contributed by atoms with van der Waals surface area (Å²) in [7, 11) is 0. The molecule has 0 spiro atoms. The van der Waals surface area contributed by atoms with Gasteiger partial charge in [0.15, 0.2) is 5.78 Å². The lowest BCUT2D eigenvalue weighted by molar-refractivity contribution is -0.145. The third-order valence-corrected chi connectivity index (χ3v) is 3.93. The Kier molecular flexibility index (Phi) is 4.22. The Morgan fingerprint density at radius 1 is 0.952 bits per heavy atom. The molecule has 1 N–H and O–H groups in total. The summed E-state index contributed by atoms with van der Waals surface area (Å²) in [5.74, 6) is -1.43. The second-order valence-corrected chi connectivity index (χ2v) is 5.26. The summed E-state index contributed by atoms with van der Waals surface area (Å²) >= 11 is 0. The van der Waals surface area contributed by atoms with Gasteiger partial charge in [-0.15, -0.1) is 0 Å². The van der Waals surface area contributed by atoms with Crippen molar-refractivity contribution >= 4 is 11.8 Å². The van der Waals surface area contributed by atoms with Crippen LogP contribution in [0.3, 0.4) is 0 Å². The Bertz CT molecular complexity index is 644. The summed E-state index contributed by atoms with van der Waals surface area (Å²) in [6.45, 7) is 3.19.